The van der Waals surface area contributed by atoms with Crippen molar-refractivity contribution >= 4 is 27.3 Å². The Morgan fingerprint density at radius 3 is 2.47 bits per heavy atom. The standard InChI is InChI=1S/C23H29N3O5S/c1-4-22(19-13-12-17-8-5-6-9-18(17)14-19)24-23(27)16(2)25(32(3,30)31)20-10-7-11-21(15-20)26(28)29/h7,10-16,22H,4-6,8-9H2,1-3H3,(H,24,27)/t16-,22+/m1/s1. The largest absolute Gasteiger partial charge is 0.347 e. The molecule has 1 aliphatic carbocycles. The van der Waals surface area contributed by atoms with Gasteiger partial charge in [-0.05, 0) is 61.8 Å². The highest BCUT2D eigenvalue weighted by molar-refractivity contribution is 7.92. The van der Waals surface area contributed by atoms with Crippen LogP contribution in [0.15, 0.2) is 42.5 Å². The zero-order valence-electron chi connectivity index (χ0n) is 18.6. The van der Waals surface area contributed by atoms with E-state index < -0.39 is 26.9 Å². The van der Waals surface area contributed by atoms with Gasteiger partial charge in [0.05, 0.1) is 22.9 Å². The molecule has 0 aliphatic heterocycles. The van der Waals surface area contributed by atoms with Gasteiger partial charge in [-0.15, -0.1) is 0 Å². The van der Waals surface area contributed by atoms with E-state index in [1.807, 2.05) is 13.0 Å². The minimum Gasteiger partial charge on any atom is -0.347 e. The molecule has 0 saturated carbocycles. The molecular formula is C23H29N3O5S. The number of nitrogens with zero attached hydrogens (tertiary/aromatic N) is 2. The van der Waals surface area contributed by atoms with Crippen molar-refractivity contribution in [2.75, 3.05) is 10.6 Å². The third-order valence-corrected chi connectivity index (χ3v) is 7.12. The first-order valence-corrected chi connectivity index (χ1v) is 12.6. The average molecular weight is 460 g/mol. The number of nitro benzene ring substituents is 1. The number of carbonyl (C=O) groups is 1. The van der Waals surface area contributed by atoms with Gasteiger partial charge >= 0.3 is 0 Å². The maximum Gasteiger partial charge on any atom is 0.271 e. The molecule has 2 aromatic rings. The number of nitrogens with one attached hydrogen (secondary N) is 1. The third kappa shape index (κ3) is 5.27. The summed E-state index contributed by atoms with van der Waals surface area (Å²) in [5.41, 5.74) is 3.48. The third-order valence-electron chi connectivity index (χ3n) is 5.88. The van der Waals surface area contributed by atoms with Gasteiger partial charge in [0.15, 0.2) is 0 Å². The van der Waals surface area contributed by atoms with Crippen molar-refractivity contribution in [2.24, 2.45) is 0 Å². The van der Waals surface area contributed by atoms with E-state index in [4.69, 9.17) is 0 Å². The molecule has 0 spiro atoms. The molecule has 9 heteroatoms. The smallest absolute Gasteiger partial charge is 0.271 e. The summed E-state index contributed by atoms with van der Waals surface area (Å²) < 4.78 is 26.0. The van der Waals surface area contributed by atoms with Crippen LogP contribution in [0.2, 0.25) is 0 Å². The molecule has 0 heterocycles. The molecule has 172 valence electrons. The number of hydrogen-bond donors (Lipinski definition) is 1. The van der Waals surface area contributed by atoms with Crippen LogP contribution in [-0.2, 0) is 27.7 Å². The van der Waals surface area contributed by atoms with E-state index in [-0.39, 0.29) is 17.4 Å². The summed E-state index contributed by atoms with van der Waals surface area (Å²) in [5.74, 6) is -0.466. The highest BCUT2D eigenvalue weighted by Crippen LogP contribution is 2.28. The van der Waals surface area contributed by atoms with Crippen molar-refractivity contribution in [3.63, 3.8) is 0 Å². The molecule has 0 bridgehead atoms. The molecule has 1 aliphatic rings. The summed E-state index contributed by atoms with van der Waals surface area (Å²) in [6, 6.07) is 10.2. The van der Waals surface area contributed by atoms with Crippen molar-refractivity contribution in [2.45, 2.75) is 58.0 Å². The Hall–Kier alpha value is -2.94. The summed E-state index contributed by atoms with van der Waals surface area (Å²) in [7, 11) is -3.87. The van der Waals surface area contributed by atoms with E-state index >= 15 is 0 Å². The van der Waals surface area contributed by atoms with Gasteiger partial charge in [-0.2, -0.15) is 0 Å². The second kappa shape index (κ2) is 9.68. The van der Waals surface area contributed by atoms with E-state index in [0.29, 0.717) is 6.42 Å². The Labute approximate surface area is 188 Å². The number of hydrogen-bond acceptors (Lipinski definition) is 5. The molecule has 0 radical (unpaired) electrons. The molecule has 1 N–H and O–H groups in total. The van der Waals surface area contributed by atoms with Gasteiger partial charge in [-0.3, -0.25) is 19.2 Å². The molecule has 3 rings (SSSR count). The Morgan fingerprint density at radius 1 is 1.16 bits per heavy atom. The second-order valence-corrected chi connectivity index (χ2v) is 10.1. The first-order valence-electron chi connectivity index (χ1n) is 10.8. The Morgan fingerprint density at radius 2 is 1.84 bits per heavy atom. The zero-order valence-corrected chi connectivity index (χ0v) is 19.4. The fraction of sp³-hybridized carbons (Fsp3) is 0.435. The van der Waals surface area contributed by atoms with E-state index in [2.05, 4.69) is 17.4 Å². The molecule has 0 fully saturated rings. The summed E-state index contributed by atoms with van der Waals surface area (Å²) in [6.45, 7) is 3.44. The number of nitro groups is 1. The van der Waals surface area contributed by atoms with Gasteiger partial charge in [0.2, 0.25) is 15.9 Å². The number of carbonyl (C=O) groups excluding carboxylic acids is 1. The lowest BCUT2D eigenvalue weighted by Gasteiger charge is -2.30. The van der Waals surface area contributed by atoms with Crippen LogP contribution in [0, 0.1) is 10.1 Å². The van der Waals surface area contributed by atoms with Crippen LogP contribution in [0.3, 0.4) is 0 Å². The second-order valence-electron chi connectivity index (χ2n) is 8.22. The van der Waals surface area contributed by atoms with Gasteiger partial charge in [-0.1, -0.05) is 31.2 Å². The molecule has 32 heavy (non-hydrogen) atoms. The van der Waals surface area contributed by atoms with Gasteiger partial charge in [-0.25, -0.2) is 8.42 Å². The minimum atomic E-state index is -3.87. The lowest BCUT2D eigenvalue weighted by Crippen LogP contribution is -2.48. The van der Waals surface area contributed by atoms with E-state index in [1.54, 1.807) is 0 Å². The van der Waals surface area contributed by atoms with Crippen molar-refractivity contribution in [1.29, 1.82) is 0 Å². The Bertz CT molecular complexity index is 1120. The summed E-state index contributed by atoms with van der Waals surface area (Å²) >= 11 is 0. The predicted molar refractivity (Wildman–Crippen MR) is 124 cm³/mol. The first-order chi connectivity index (χ1) is 15.1. The topological polar surface area (TPSA) is 110 Å². The summed E-state index contributed by atoms with van der Waals surface area (Å²) in [4.78, 5) is 23.6. The normalized spacial score (nSPS) is 15.3. The van der Waals surface area contributed by atoms with Crippen LogP contribution in [0.5, 0.6) is 0 Å². The highest BCUT2D eigenvalue weighted by Gasteiger charge is 2.31. The predicted octanol–water partition coefficient (Wildman–Crippen LogP) is 3.90. The van der Waals surface area contributed by atoms with Gasteiger partial charge in [0.25, 0.3) is 5.69 Å². The maximum atomic E-state index is 13.1. The van der Waals surface area contributed by atoms with Crippen molar-refractivity contribution in [3.8, 4) is 0 Å². The monoisotopic (exact) mass is 459 g/mol. The maximum absolute atomic E-state index is 13.1. The van der Waals surface area contributed by atoms with E-state index in [0.717, 1.165) is 41.5 Å². The number of anilines is 1. The van der Waals surface area contributed by atoms with Crippen LogP contribution in [-0.4, -0.2) is 31.5 Å². The number of amides is 1. The van der Waals surface area contributed by atoms with Crippen LogP contribution >= 0.6 is 0 Å². The molecule has 0 unspecified atom stereocenters. The molecule has 8 nitrogen and oxygen atoms in total. The fourth-order valence-electron chi connectivity index (χ4n) is 4.24. The van der Waals surface area contributed by atoms with E-state index in [1.165, 1.54) is 42.7 Å². The quantitative estimate of drug-likeness (QED) is 0.476. The Kier molecular flexibility index (Phi) is 7.18. The Balaban J connectivity index is 1.85. The van der Waals surface area contributed by atoms with Crippen molar-refractivity contribution < 1.29 is 18.1 Å². The molecule has 0 saturated heterocycles. The SMILES string of the molecule is CC[C@H](NC(=O)[C@@H](C)N(c1cccc([N+](=O)[O-])c1)S(C)(=O)=O)c1ccc2c(c1)CCCC2. The van der Waals surface area contributed by atoms with Crippen molar-refractivity contribution in [3.05, 3.63) is 69.3 Å². The van der Waals surface area contributed by atoms with Gasteiger partial charge < -0.3 is 5.32 Å². The zero-order chi connectivity index (χ0) is 23.5. The van der Waals surface area contributed by atoms with Crippen LogP contribution in [0.25, 0.3) is 0 Å². The molecule has 2 atom stereocenters. The number of fused-ring (bicyclic) bond motifs is 1. The first kappa shape index (κ1) is 23.7. The van der Waals surface area contributed by atoms with Crippen LogP contribution < -0.4 is 9.62 Å². The van der Waals surface area contributed by atoms with Gasteiger partial charge in [0, 0.05) is 12.1 Å². The molecule has 0 aromatic heterocycles. The lowest BCUT2D eigenvalue weighted by molar-refractivity contribution is -0.384. The summed E-state index contributed by atoms with van der Waals surface area (Å²) in [5, 5.41) is 14.1. The fourth-order valence-corrected chi connectivity index (χ4v) is 5.40. The van der Waals surface area contributed by atoms with Crippen molar-refractivity contribution in [1.82, 2.24) is 5.32 Å². The highest BCUT2D eigenvalue weighted by atomic mass is 32.2. The molecule has 2 aromatic carbocycles. The summed E-state index contributed by atoms with van der Waals surface area (Å²) in [6.07, 6.45) is 6.07. The van der Waals surface area contributed by atoms with Gasteiger partial charge in [0.1, 0.15) is 6.04 Å². The minimum absolute atomic E-state index is 0.0752. The number of non-ortho nitro benzene ring substituents is 1. The van der Waals surface area contributed by atoms with Crippen LogP contribution in [0.1, 0.15) is 55.8 Å². The number of aryl methyl sites for hydroxylation is 2. The van der Waals surface area contributed by atoms with Crippen LogP contribution in [0.4, 0.5) is 11.4 Å². The number of sulfonamides is 1. The number of rotatable bonds is 8. The molecule has 1 amide bonds. The average Bonchev–Trinajstić information content (AvgIpc) is 2.76. The molecular weight excluding hydrogens is 430 g/mol. The number of benzene rings is 2. The lowest BCUT2D eigenvalue weighted by atomic mass is 9.88. The van der Waals surface area contributed by atoms with E-state index in [9.17, 15) is 23.3 Å².